The fourth-order valence-corrected chi connectivity index (χ4v) is 6.23. The molecule has 9 heteroatoms. The van der Waals surface area contributed by atoms with Crippen LogP contribution in [0.25, 0.3) is 0 Å². The zero-order chi connectivity index (χ0) is 19.4. The fraction of sp³-hybridized carbons (Fsp3) is 0.944. The normalized spacial score (nSPS) is 27.3. The molecular weight excluding hydrogens is 368 g/mol. The second-order valence-electron chi connectivity index (χ2n) is 8.20. The average molecular weight is 403 g/mol. The van der Waals surface area contributed by atoms with Gasteiger partial charge < -0.3 is 14.9 Å². The van der Waals surface area contributed by atoms with Gasteiger partial charge in [0.15, 0.2) is 0 Å². The van der Waals surface area contributed by atoms with Crippen molar-refractivity contribution >= 4 is 16.1 Å². The van der Waals surface area contributed by atoms with Gasteiger partial charge in [-0.1, -0.05) is 0 Å². The Morgan fingerprint density at radius 3 is 2.30 bits per heavy atom. The van der Waals surface area contributed by atoms with Crippen molar-refractivity contribution in [3.05, 3.63) is 0 Å². The molecule has 0 aromatic rings. The molecule has 0 saturated carbocycles. The van der Waals surface area contributed by atoms with Crippen molar-refractivity contribution in [2.75, 3.05) is 58.6 Å². The Labute approximate surface area is 163 Å². The minimum atomic E-state index is -3.24. The number of piperidine rings is 1. The van der Waals surface area contributed by atoms with E-state index in [1.807, 2.05) is 0 Å². The highest BCUT2D eigenvalue weighted by molar-refractivity contribution is 7.89. The lowest BCUT2D eigenvalue weighted by atomic mass is 10.0. The topological polar surface area (TPSA) is 84.4 Å². The fourth-order valence-electron chi connectivity index (χ4n) is 4.73. The maximum Gasteiger partial charge on any atom is 0.407 e. The number of likely N-dealkylation sites (tertiary alicyclic amines) is 2. The summed E-state index contributed by atoms with van der Waals surface area (Å²) in [5.41, 5.74) is 0. The Morgan fingerprint density at radius 1 is 1.00 bits per heavy atom. The Balaban J connectivity index is 1.41. The van der Waals surface area contributed by atoms with E-state index < -0.39 is 16.1 Å². The quantitative estimate of drug-likeness (QED) is 0.712. The Morgan fingerprint density at radius 2 is 1.67 bits per heavy atom. The number of carboxylic acid groups (broad SMARTS) is 1. The summed E-state index contributed by atoms with van der Waals surface area (Å²) in [5, 5.41) is 9.19. The van der Waals surface area contributed by atoms with Gasteiger partial charge in [-0.3, -0.25) is 4.90 Å². The first kappa shape index (κ1) is 20.8. The lowest BCUT2D eigenvalue weighted by Crippen LogP contribution is -2.54. The van der Waals surface area contributed by atoms with E-state index in [9.17, 15) is 18.3 Å². The Hall–Kier alpha value is -0.900. The molecule has 1 unspecified atom stereocenters. The highest BCUT2D eigenvalue weighted by Gasteiger charge is 2.32. The highest BCUT2D eigenvalue weighted by atomic mass is 32.2. The molecule has 0 aromatic carbocycles. The van der Waals surface area contributed by atoms with E-state index in [1.54, 1.807) is 4.31 Å². The molecule has 0 aromatic heterocycles. The van der Waals surface area contributed by atoms with Gasteiger partial charge >= 0.3 is 6.09 Å². The maximum absolute atomic E-state index is 12.7. The van der Waals surface area contributed by atoms with Gasteiger partial charge in [0.1, 0.15) is 0 Å². The van der Waals surface area contributed by atoms with Crippen LogP contribution in [0.5, 0.6) is 0 Å². The van der Waals surface area contributed by atoms with Gasteiger partial charge in [0.25, 0.3) is 0 Å². The number of hydrogen-bond acceptors (Lipinski definition) is 5. The average Bonchev–Trinajstić information content (AvgIpc) is 3.11. The van der Waals surface area contributed by atoms with Crippen LogP contribution in [0.15, 0.2) is 0 Å². The number of nitrogens with zero attached hydrogens (tertiary/aromatic N) is 4. The molecular formula is C18H34N4O4S. The Kier molecular flexibility index (Phi) is 6.99. The minimum Gasteiger partial charge on any atom is -0.465 e. The zero-order valence-corrected chi connectivity index (χ0v) is 17.2. The first-order chi connectivity index (χ1) is 12.9. The van der Waals surface area contributed by atoms with Crippen LogP contribution >= 0.6 is 0 Å². The molecule has 1 amide bonds. The molecule has 8 nitrogen and oxygen atoms in total. The van der Waals surface area contributed by atoms with Gasteiger partial charge in [0.05, 0.1) is 5.75 Å². The number of hydrogen-bond donors (Lipinski definition) is 1. The molecule has 3 saturated heterocycles. The van der Waals surface area contributed by atoms with Crippen molar-refractivity contribution in [3.63, 3.8) is 0 Å². The molecule has 3 fully saturated rings. The van der Waals surface area contributed by atoms with Crippen LogP contribution in [0.4, 0.5) is 4.79 Å². The van der Waals surface area contributed by atoms with Crippen molar-refractivity contribution < 1.29 is 18.3 Å². The summed E-state index contributed by atoms with van der Waals surface area (Å²) in [4.78, 5) is 17.5. The largest absolute Gasteiger partial charge is 0.465 e. The first-order valence-electron chi connectivity index (χ1n) is 10.3. The molecule has 1 N–H and O–H groups in total. The summed E-state index contributed by atoms with van der Waals surface area (Å²) in [6.07, 6.45) is 4.36. The van der Waals surface area contributed by atoms with Crippen LogP contribution in [0, 0.1) is 0 Å². The summed E-state index contributed by atoms with van der Waals surface area (Å²) in [6.45, 7) is 5.63. The molecule has 156 valence electrons. The van der Waals surface area contributed by atoms with Crippen LogP contribution in [-0.4, -0.2) is 109 Å². The molecule has 0 spiro atoms. The van der Waals surface area contributed by atoms with E-state index in [2.05, 4.69) is 16.8 Å². The first-order valence-corrected chi connectivity index (χ1v) is 11.9. The summed E-state index contributed by atoms with van der Waals surface area (Å²) in [5.74, 6) is 0.130. The standard InChI is InChI=1S/C18H34N4O4S/c1-19-9-6-16(7-10-19)20-11-13-21(14-12-20)27(25,26)15-3-5-17-4-2-8-22(17)18(23)24/h16-17H,2-15H2,1H3,(H,23,24). The molecule has 0 bridgehead atoms. The molecule has 3 aliphatic rings. The minimum absolute atomic E-state index is 0.0148. The van der Waals surface area contributed by atoms with Crippen LogP contribution in [-0.2, 0) is 10.0 Å². The summed E-state index contributed by atoms with van der Waals surface area (Å²) in [6, 6.07) is 0.578. The number of amides is 1. The van der Waals surface area contributed by atoms with E-state index in [0.29, 0.717) is 38.5 Å². The van der Waals surface area contributed by atoms with Crippen molar-refractivity contribution in [1.82, 2.24) is 19.0 Å². The number of rotatable bonds is 6. The summed E-state index contributed by atoms with van der Waals surface area (Å²) in [7, 11) is -1.09. The molecule has 1 atom stereocenters. The number of piperazine rings is 1. The third-order valence-electron chi connectivity index (χ3n) is 6.43. The van der Waals surface area contributed by atoms with Crippen molar-refractivity contribution in [1.29, 1.82) is 0 Å². The van der Waals surface area contributed by atoms with Gasteiger partial charge in [-0.05, 0) is 58.7 Å². The second kappa shape index (κ2) is 9.07. The molecule has 3 heterocycles. The van der Waals surface area contributed by atoms with E-state index in [1.165, 1.54) is 17.7 Å². The lowest BCUT2D eigenvalue weighted by molar-refractivity contribution is 0.0892. The molecule has 0 aliphatic carbocycles. The van der Waals surface area contributed by atoms with Crippen LogP contribution in [0.3, 0.4) is 0 Å². The third kappa shape index (κ3) is 5.34. The van der Waals surface area contributed by atoms with E-state index in [-0.39, 0.29) is 11.8 Å². The highest BCUT2D eigenvalue weighted by Crippen LogP contribution is 2.23. The van der Waals surface area contributed by atoms with Gasteiger partial charge in [-0.2, -0.15) is 4.31 Å². The van der Waals surface area contributed by atoms with E-state index in [0.717, 1.165) is 39.0 Å². The zero-order valence-electron chi connectivity index (χ0n) is 16.4. The van der Waals surface area contributed by atoms with Crippen molar-refractivity contribution in [3.8, 4) is 0 Å². The molecule has 0 radical (unpaired) electrons. The van der Waals surface area contributed by atoms with Crippen molar-refractivity contribution in [2.45, 2.75) is 50.6 Å². The molecule has 27 heavy (non-hydrogen) atoms. The monoisotopic (exact) mass is 402 g/mol. The Bertz CT molecular complexity index is 598. The summed E-state index contributed by atoms with van der Waals surface area (Å²) < 4.78 is 27.0. The van der Waals surface area contributed by atoms with Gasteiger partial charge in [-0.25, -0.2) is 13.2 Å². The molecule has 3 rings (SSSR count). The predicted molar refractivity (Wildman–Crippen MR) is 104 cm³/mol. The van der Waals surface area contributed by atoms with E-state index >= 15 is 0 Å². The smallest absolute Gasteiger partial charge is 0.407 e. The molecule has 3 aliphatic heterocycles. The summed E-state index contributed by atoms with van der Waals surface area (Å²) >= 11 is 0. The van der Waals surface area contributed by atoms with Gasteiger partial charge in [0, 0.05) is 44.8 Å². The third-order valence-corrected chi connectivity index (χ3v) is 8.39. The van der Waals surface area contributed by atoms with Gasteiger partial charge in [-0.15, -0.1) is 0 Å². The number of sulfonamides is 1. The lowest BCUT2D eigenvalue weighted by Gasteiger charge is -2.41. The second-order valence-corrected chi connectivity index (χ2v) is 10.3. The van der Waals surface area contributed by atoms with Crippen LogP contribution < -0.4 is 0 Å². The predicted octanol–water partition coefficient (Wildman–Crippen LogP) is 0.951. The number of carbonyl (C=O) groups is 1. The SMILES string of the molecule is CN1CCC(N2CCN(S(=O)(=O)CCCC3CCCN3C(=O)O)CC2)CC1. The van der Waals surface area contributed by atoms with Gasteiger partial charge in [0.2, 0.25) is 10.0 Å². The van der Waals surface area contributed by atoms with Crippen LogP contribution in [0.1, 0.15) is 38.5 Å². The van der Waals surface area contributed by atoms with Crippen molar-refractivity contribution in [2.24, 2.45) is 0 Å². The van der Waals surface area contributed by atoms with Crippen LogP contribution in [0.2, 0.25) is 0 Å². The van der Waals surface area contributed by atoms with E-state index in [4.69, 9.17) is 0 Å². The maximum atomic E-state index is 12.7.